The molecular formula is C24H21NO4. The average molecular weight is 387 g/mol. The van der Waals surface area contributed by atoms with Crippen LogP contribution in [0, 0.1) is 0 Å². The molecule has 146 valence electrons. The van der Waals surface area contributed by atoms with Crippen LogP contribution in [-0.2, 0) is 0 Å². The van der Waals surface area contributed by atoms with Gasteiger partial charge < -0.3 is 9.84 Å². The molecule has 0 radical (unpaired) electrons. The Bertz CT molecular complexity index is 995. The molecule has 0 fully saturated rings. The maximum Gasteiger partial charge on any atom is 0.409 e. The maximum absolute atomic E-state index is 11.2. The standard InChI is InChI=1S/C24H21NO4/c26-17-19-9-12-21(13-10-19)29-15-5-4-6-18-11-14-22(20-7-2-1-3-8-20)23(16-18)25-24(27)28/h1-4,6-14,16-17,25H,5,15H2,(H,27,28)/b6-4+. The zero-order valence-corrected chi connectivity index (χ0v) is 15.7. The molecule has 0 unspecified atom stereocenters. The Balaban J connectivity index is 1.63. The van der Waals surface area contributed by atoms with Gasteiger partial charge in [-0.15, -0.1) is 0 Å². The van der Waals surface area contributed by atoms with Gasteiger partial charge >= 0.3 is 6.09 Å². The van der Waals surface area contributed by atoms with Crippen molar-refractivity contribution in [3.8, 4) is 16.9 Å². The first-order valence-electron chi connectivity index (χ1n) is 9.20. The predicted molar refractivity (Wildman–Crippen MR) is 115 cm³/mol. The van der Waals surface area contributed by atoms with E-state index in [1.54, 1.807) is 24.3 Å². The van der Waals surface area contributed by atoms with Gasteiger partial charge in [-0.2, -0.15) is 0 Å². The second-order valence-corrected chi connectivity index (χ2v) is 6.33. The molecule has 3 rings (SSSR count). The Morgan fingerprint density at radius 1 is 0.966 bits per heavy atom. The Morgan fingerprint density at radius 2 is 1.69 bits per heavy atom. The number of carbonyl (C=O) groups excluding carboxylic acids is 1. The number of aldehydes is 1. The number of nitrogens with one attached hydrogen (secondary N) is 1. The second kappa shape index (κ2) is 9.90. The molecule has 3 aromatic carbocycles. The lowest BCUT2D eigenvalue weighted by molar-refractivity contribution is 0.112. The highest BCUT2D eigenvalue weighted by Crippen LogP contribution is 2.29. The number of carboxylic acid groups (broad SMARTS) is 1. The Labute approximate surface area is 169 Å². The summed E-state index contributed by atoms with van der Waals surface area (Å²) in [5.41, 5.74) is 3.82. The highest BCUT2D eigenvalue weighted by molar-refractivity contribution is 5.91. The van der Waals surface area contributed by atoms with Crippen molar-refractivity contribution in [3.63, 3.8) is 0 Å². The summed E-state index contributed by atoms with van der Waals surface area (Å²) in [6.07, 6.45) is 4.29. The molecular weight excluding hydrogens is 366 g/mol. The van der Waals surface area contributed by atoms with Crippen LogP contribution in [0.15, 0.2) is 78.9 Å². The number of hydrogen-bond acceptors (Lipinski definition) is 3. The number of amides is 1. The summed E-state index contributed by atoms with van der Waals surface area (Å²) in [5, 5.41) is 11.6. The normalized spacial score (nSPS) is 10.6. The largest absolute Gasteiger partial charge is 0.493 e. The molecule has 3 aromatic rings. The molecule has 0 aromatic heterocycles. The van der Waals surface area contributed by atoms with Gasteiger partial charge in [0.25, 0.3) is 0 Å². The van der Waals surface area contributed by atoms with Crippen LogP contribution in [0.25, 0.3) is 17.2 Å². The topological polar surface area (TPSA) is 75.6 Å². The SMILES string of the molecule is O=Cc1ccc(OCC/C=C/c2ccc(-c3ccccc3)c(NC(=O)O)c2)cc1. The molecule has 29 heavy (non-hydrogen) atoms. The maximum atomic E-state index is 11.2. The number of benzene rings is 3. The minimum Gasteiger partial charge on any atom is -0.493 e. The summed E-state index contributed by atoms with van der Waals surface area (Å²) >= 11 is 0. The third-order valence-corrected chi connectivity index (χ3v) is 4.25. The van der Waals surface area contributed by atoms with Crippen LogP contribution < -0.4 is 10.1 Å². The van der Waals surface area contributed by atoms with Crippen molar-refractivity contribution < 1.29 is 19.4 Å². The van der Waals surface area contributed by atoms with Gasteiger partial charge in [-0.3, -0.25) is 10.1 Å². The van der Waals surface area contributed by atoms with Crippen LogP contribution in [0.2, 0.25) is 0 Å². The molecule has 0 spiro atoms. The van der Waals surface area contributed by atoms with Crippen molar-refractivity contribution in [3.05, 3.63) is 90.0 Å². The summed E-state index contributed by atoms with van der Waals surface area (Å²) in [5.74, 6) is 0.712. The third kappa shape index (κ3) is 5.81. The van der Waals surface area contributed by atoms with Crippen molar-refractivity contribution in [1.29, 1.82) is 0 Å². The van der Waals surface area contributed by atoms with Crippen LogP contribution >= 0.6 is 0 Å². The van der Waals surface area contributed by atoms with Gasteiger partial charge in [0.2, 0.25) is 0 Å². The summed E-state index contributed by atoms with van der Waals surface area (Å²) in [4.78, 5) is 21.8. The minimum atomic E-state index is -1.10. The fraction of sp³-hybridized carbons (Fsp3) is 0.0833. The van der Waals surface area contributed by atoms with Crippen molar-refractivity contribution in [2.24, 2.45) is 0 Å². The summed E-state index contributed by atoms with van der Waals surface area (Å²) < 4.78 is 5.64. The summed E-state index contributed by atoms with van der Waals surface area (Å²) in [6.45, 7) is 0.499. The molecule has 0 aliphatic heterocycles. The number of anilines is 1. The molecule has 0 aliphatic carbocycles. The molecule has 5 nitrogen and oxygen atoms in total. The van der Waals surface area contributed by atoms with E-state index in [9.17, 15) is 9.59 Å². The van der Waals surface area contributed by atoms with Crippen LogP contribution in [0.5, 0.6) is 5.75 Å². The van der Waals surface area contributed by atoms with Crippen LogP contribution in [0.1, 0.15) is 22.3 Å². The zero-order chi connectivity index (χ0) is 20.5. The first kappa shape index (κ1) is 19.9. The first-order valence-corrected chi connectivity index (χ1v) is 9.20. The van der Waals surface area contributed by atoms with Crippen LogP contribution in [0.4, 0.5) is 10.5 Å². The Kier molecular flexibility index (Phi) is 6.79. The van der Waals surface area contributed by atoms with Crippen molar-refractivity contribution in [2.75, 3.05) is 11.9 Å². The zero-order valence-electron chi connectivity index (χ0n) is 15.7. The number of rotatable bonds is 8. The smallest absolute Gasteiger partial charge is 0.409 e. The average Bonchev–Trinajstić information content (AvgIpc) is 2.74. The highest BCUT2D eigenvalue weighted by Gasteiger charge is 2.08. The molecule has 0 saturated carbocycles. The van der Waals surface area contributed by atoms with Crippen molar-refractivity contribution >= 4 is 24.1 Å². The fourth-order valence-corrected chi connectivity index (χ4v) is 2.86. The van der Waals surface area contributed by atoms with E-state index >= 15 is 0 Å². The number of carbonyl (C=O) groups is 2. The number of ether oxygens (including phenoxy) is 1. The molecule has 0 saturated heterocycles. The van der Waals surface area contributed by atoms with Gasteiger partial charge in [-0.1, -0.05) is 54.6 Å². The molecule has 1 amide bonds. The first-order chi connectivity index (χ1) is 14.2. The number of hydrogen-bond donors (Lipinski definition) is 2. The van der Waals surface area contributed by atoms with E-state index in [-0.39, 0.29) is 0 Å². The van der Waals surface area contributed by atoms with Gasteiger partial charge in [-0.05, 0) is 47.9 Å². The highest BCUT2D eigenvalue weighted by atomic mass is 16.5. The van der Waals surface area contributed by atoms with Gasteiger partial charge in [0.1, 0.15) is 12.0 Å². The van der Waals surface area contributed by atoms with Crippen LogP contribution in [0.3, 0.4) is 0 Å². The van der Waals surface area contributed by atoms with E-state index in [4.69, 9.17) is 9.84 Å². The van der Waals surface area contributed by atoms with E-state index in [1.807, 2.05) is 60.7 Å². The summed E-state index contributed by atoms with van der Waals surface area (Å²) in [6, 6.07) is 22.3. The monoisotopic (exact) mass is 387 g/mol. The van der Waals surface area contributed by atoms with E-state index < -0.39 is 6.09 Å². The van der Waals surface area contributed by atoms with Crippen LogP contribution in [-0.4, -0.2) is 24.1 Å². The lowest BCUT2D eigenvalue weighted by atomic mass is 10.0. The van der Waals surface area contributed by atoms with E-state index in [2.05, 4.69) is 5.32 Å². The predicted octanol–water partition coefficient (Wildman–Crippen LogP) is 5.74. The van der Waals surface area contributed by atoms with E-state index in [0.29, 0.717) is 30.0 Å². The fourth-order valence-electron chi connectivity index (χ4n) is 2.86. The van der Waals surface area contributed by atoms with E-state index in [1.165, 1.54) is 0 Å². The molecule has 0 heterocycles. The lowest BCUT2D eigenvalue weighted by Crippen LogP contribution is -2.08. The van der Waals surface area contributed by atoms with Gasteiger partial charge in [-0.25, -0.2) is 4.79 Å². The molecule has 2 N–H and O–H groups in total. The Morgan fingerprint density at radius 3 is 2.38 bits per heavy atom. The molecule has 0 atom stereocenters. The lowest BCUT2D eigenvalue weighted by Gasteiger charge is -2.10. The third-order valence-electron chi connectivity index (χ3n) is 4.25. The quantitative estimate of drug-likeness (QED) is 0.382. The van der Waals surface area contributed by atoms with Gasteiger partial charge in [0, 0.05) is 11.1 Å². The van der Waals surface area contributed by atoms with Gasteiger partial charge in [0.05, 0.1) is 12.3 Å². The minimum absolute atomic E-state index is 0.499. The second-order valence-electron chi connectivity index (χ2n) is 6.33. The molecule has 0 bridgehead atoms. The van der Waals surface area contributed by atoms with Gasteiger partial charge in [0.15, 0.2) is 0 Å². The Hall–Kier alpha value is -3.86. The molecule has 0 aliphatic rings. The summed E-state index contributed by atoms with van der Waals surface area (Å²) in [7, 11) is 0. The van der Waals surface area contributed by atoms with E-state index in [0.717, 1.165) is 23.0 Å². The molecule has 5 heteroatoms. The van der Waals surface area contributed by atoms with Crippen molar-refractivity contribution in [2.45, 2.75) is 6.42 Å². The van der Waals surface area contributed by atoms with Crippen molar-refractivity contribution in [1.82, 2.24) is 0 Å².